The van der Waals surface area contributed by atoms with Crippen LogP contribution >= 0.6 is 23.4 Å². The Labute approximate surface area is 186 Å². The molecule has 0 saturated carbocycles. The van der Waals surface area contributed by atoms with Crippen LogP contribution in [0.3, 0.4) is 0 Å². The van der Waals surface area contributed by atoms with Gasteiger partial charge in [-0.3, -0.25) is 9.20 Å². The number of halogens is 1. The normalized spacial score (nSPS) is 11.1. The SMILES string of the molecule is O=C(CSc1n[nH]c2nc3ccccc3n12)Nc1cc(Cl)ccc1Oc1ccccc1. The lowest BCUT2D eigenvalue weighted by molar-refractivity contribution is -0.113. The Balaban J connectivity index is 1.32. The molecule has 31 heavy (non-hydrogen) atoms. The molecule has 2 heterocycles. The van der Waals surface area contributed by atoms with E-state index in [4.69, 9.17) is 16.3 Å². The van der Waals surface area contributed by atoms with Gasteiger partial charge in [0, 0.05) is 5.02 Å². The minimum atomic E-state index is -0.203. The van der Waals surface area contributed by atoms with Gasteiger partial charge in [0.1, 0.15) is 5.75 Å². The Kier molecular flexibility index (Phi) is 5.23. The lowest BCUT2D eigenvalue weighted by Crippen LogP contribution is -2.15. The summed E-state index contributed by atoms with van der Waals surface area (Å²) in [5, 5.41) is 11.2. The van der Waals surface area contributed by atoms with E-state index in [2.05, 4.69) is 20.5 Å². The molecule has 0 aliphatic rings. The van der Waals surface area contributed by atoms with Crippen LogP contribution in [0.25, 0.3) is 16.8 Å². The lowest BCUT2D eigenvalue weighted by atomic mass is 10.3. The summed E-state index contributed by atoms with van der Waals surface area (Å²) in [5.41, 5.74) is 2.30. The minimum Gasteiger partial charge on any atom is -0.455 e. The second-order valence-electron chi connectivity index (χ2n) is 6.66. The predicted molar refractivity (Wildman–Crippen MR) is 122 cm³/mol. The van der Waals surface area contributed by atoms with Gasteiger partial charge in [-0.1, -0.05) is 53.7 Å². The number of rotatable bonds is 6. The number of nitrogens with one attached hydrogen (secondary N) is 2. The van der Waals surface area contributed by atoms with E-state index in [1.165, 1.54) is 11.8 Å². The van der Waals surface area contributed by atoms with Crippen LogP contribution in [0.4, 0.5) is 5.69 Å². The zero-order valence-electron chi connectivity index (χ0n) is 16.1. The van der Waals surface area contributed by atoms with Crippen molar-refractivity contribution in [2.45, 2.75) is 5.16 Å². The average Bonchev–Trinajstić information content (AvgIpc) is 3.34. The van der Waals surface area contributed by atoms with Gasteiger partial charge in [-0.05, 0) is 42.5 Å². The van der Waals surface area contributed by atoms with Gasteiger partial charge in [0.05, 0.1) is 22.5 Å². The molecule has 0 radical (unpaired) electrons. The standard InChI is InChI=1S/C22H16ClN5O2S/c23-14-10-11-19(30-15-6-2-1-3-7-15)17(12-14)24-20(29)13-31-22-27-26-21-25-16-8-4-5-9-18(16)28(21)22/h1-12H,13H2,(H,24,29)(H,25,26). The topological polar surface area (TPSA) is 84.3 Å². The van der Waals surface area contributed by atoms with Crippen molar-refractivity contribution in [2.75, 3.05) is 11.1 Å². The summed E-state index contributed by atoms with van der Waals surface area (Å²) >= 11 is 7.45. The van der Waals surface area contributed by atoms with Gasteiger partial charge >= 0.3 is 0 Å². The highest BCUT2D eigenvalue weighted by atomic mass is 35.5. The molecule has 5 rings (SSSR count). The Morgan fingerprint density at radius 1 is 1.10 bits per heavy atom. The summed E-state index contributed by atoms with van der Waals surface area (Å²) in [6, 6.07) is 22.2. The van der Waals surface area contributed by atoms with Gasteiger partial charge in [0.15, 0.2) is 10.9 Å². The molecular weight excluding hydrogens is 434 g/mol. The number of aromatic amines is 1. The van der Waals surface area contributed by atoms with Crippen molar-refractivity contribution in [1.82, 2.24) is 19.6 Å². The van der Waals surface area contributed by atoms with E-state index in [1.54, 1.807) is 18.2 Å². The fourth-order valence-corrected chi connectivity index (χ4v) is 4.09. The summed E-state index contributed by atoms with van der Waals surface area (Å²) in [6.07, 6.45) is 0. The number of anilines is 1. The van der Waals surface area contributed by atoms with Gasteiger partial charge in [-0.25, -0.2) is 10.1 Å². The average molecular weight is 450 g/mol. The van der Waals surface area contributed by atoms with Gasteiger partial charge in [-0.15, -0.1) is 5.10 Å². The fourth-order valence-electron chi connectivity index (χ4n) is 3.16. The third-order valence-electron chi connectivity index (χ3n) is 4.52. The van der Waals surface area contributed by atoms with Crippen molar-refractivity contribution in [3.8, 4) is 11.5 Å². The van der Waals surface area contributed by atoms with E-state index < -0.39 is 0 Å². The number of hydrogen-bond acceptors (Lipinski definition) is 5. The maximum atomic E-state index is 12.7. The number of nitrogens with zero attached hydrogens (tertiary/aromatic N) is 3. The van der Waals surface area contributed by atoms with E-state index in [9.17, 15) is 4.79 Å². The molecule has 0 spiro atoms. The van der Waals surface area contributed by atoms with Crippen LogP contribution in [0.1, 0.15) is 0 Å². The third-order valence-corrected chi connectivity index (χ3v) is 5.70. The van der Waals surface area contributed by atoms with E-state index in [0.29, 0.717) is 33.1 Å². The Bertz CT molecular complexity index is 1380. The Morgan fingerprint density at radius 3 is 2.77 bits per heavy atom. The lowest BCUT2D eigenvalue weighted by Gasteiger charge is -2.12. The zero-order valence-corrected chi connectivity index (χ0v) is 17.7. The molecule has 154 valence electrons. The molecule has 7 nitrogen and oxygen atoms in total. The van der Waals surface area contributed by atoms with Crippen molar-refractivity contribution in [3.05, 3.63) is 77.8 Å². The van der Waals surface area contributed by atoms with Crippen molar-refractivity contribution in [2.24, 2.45) is 0 Å². The van der Waals surface area contributed by atoms with Crippen LogP contribution < -0.4 is 10.1 Å². The number of amides is 1. The van der Waals surface area contributed by atoms with Gasteiger partial charge < -0.3 is 10.1 Å². The number of ether oxygens (including phenoxy) is 1. The number of para-hydroxylation sites is 3. The molecule has 2 N–H and O–H groups in total. The summed E-state index contributed by atoms with van der Waals surface area (Å²) in [5.74, 6) is 1.77. The number of imidazole rings is 1. The number of benzene rings is 3. The summed E-state index contributed by atoms with van der Waals surface area (Å²) < 4.78 is 7.80. The number of hydrogen-bond donors (Lipinski definition) is 2. The highest BCUT2D eigenvalue weighted by Gasteiger charge is 2.15. The van der Waals surface area contributed by atoms with E-state index in [-0.39, 0.29) is 11.7 Å². The van der Waals surface area contributed by atoms with Crippen LogP contribution in [0.2, 0.25) is 5.02 Å². The first-order valence-electron chi connectivity index (χ1n) is 9.44. The number of thioether (sulfide) groups is 1. The fraction of sp³-hybridized carbons (Fsp3) is 0.0455. The maximum Gasteiger partial charge on any atom is 0.234 e. The Morgan fingerprint density at radius 2 is 1.90 bits per heavy atom. The van der Waals surface area contributed by atoms with Crippen LogP contribution in [0, 0.1) is 0 Å². The largest absolute Gasteiger partial charge is 0.455 e. The molecule has 3 aromatic carbocycles. The molecule has 0 atom stereocenters. The molecule has 0 bridgehead atoms. The van der Waals surface area contributed by atoms with Crippen molar-refractivity contribution >= 4 is 51.8 Å². The molecule has 0 unspecified atom stereocenters. The second-order valence-corrected chi connectivity index (χ2v) is 8.04. The summed E-state index contributed by atoms with van der Waals surface area (Å²) in [7, 11) is 0. The maximum absolute atomic E-state index is 12.7. The van der Waals surface area contributed by atoms with E-state index in [0.717, 1.165) is 11.0 Å². The number of H-pyrrole nitrogens is 1. The smallest absolute Gasteiger partial charge is 0.234 e. The minimum absolute atomic E-state index is 0.156. The number of fused-ring (bicyclic) bond motifs is 3. The molecule has 5 aromatic rings. The molecule has 1 amide bonds. The molecule has 0 aliphatic heterocycles. The van der Waals surface area contributed by atoms with Crippen molar-refractivity contribution in [1.29, 1.82) is 0 Å². The first-order chi connectivity index (χ1) is 15.2. The highest BCUT2D eigenvalue weighted by Crippen LogP contribution is 2.32. The first kappa shape index (κ1) is 19.5. The first-order valence-corrected chi connectivity index (χ1v) is 10.8. The molecule has 0 saturated heterocycles. The monoisotopic (exact) mass is 449 g/mol. The van der Waals surface area contributed by atoms with Crippen LogP contribution in [-0.2, 0) is 4.79 Å². The predicted octanol–water partition coefficient (Wildman–Crippen LogP) is 5.39. The second kappa shape index (κ2) is 8.33. The number of aromatic nitrogens is 4. The molecule has 0 aliphatic carbocycles. The van der Waals surface area contributed by atoms with Gasteiger partial charge in [0.2, 0.25) is 11.7 Å². The third kappa shape index (κ3) is 4.08. The Hall–Kier alpha value is -3.49. The van der Waals surface area contributed by atoms with E-state index >= 15 is 0 Å². The molecule has 0 fully saturated rings. The van der Waals surface area contributed by atoms with Crippen LogP contribution in [-0.4, -0.2) is 31.2 Å². The molecule has 2 aromatic heterocycles. The molecular formula is C22H16ClN5O2S. The number of carbonyl (C=O) groups excluding carboxylic acids is 1. The quantitative estimate of drug-likeness (QED) is 0.340. The molecule has 9 heteroatoms. The highest BCUT2D eigenvalue weighted by molar-refractivity contribution is 7.99. The van der Waals surface area contributed by atoms with Gasteiger partial charge in [0.25, 0.3) is 0 Å². The number of carbonyl (C=O) groups is 1. The van der Waals surface area contributed by atoms with E-state index in [1.807, 2.05) is 59.0 Å². The van der Waals surface area contributed by atoms with Crippen LogP contribution in [0.5, 0.6) is 11.5 Å². The summed E-state index contributed by atoms with van der Waals surface area (Å²) in [6.45, 7) is 0. The summed E-state index contributed by atoms with van der Waals surface area (Å²) in [4.78, 5) is 17.2. The van der Waals surface area contributed by atoms with Crippen molar-refractivity contribution in [3.63, 3.8) is 0 Å². The van der Waals surface area contributed by atoms with Crippen molar-refractivity contribution < 1.29 is 9.53 Å². The zero-order chi connectivity index (χ0) is 21.2. The van der Waals surface area contributed by atoms with Gasteiger partial charge in [-0.2, -0.15) is 0 Å². The van der Waals surface area contributed by atoms with Crippen LogP contribution in [0.15, 0.2) is 78.0 Å².